The van der Waals surface area contributed by atoms with Gasteiger partial charge in [-0.3, -0.25) is 20.4 Å². The van der Waals surface area contributed by atoms with Crippen LogP contribution < -0.4 is 111 Å². The first-order valence-electron chi connectivity index (χ1n) is 18.0. The summed E-state index contributed by atoms with van der Waals surface area (Å²) in [6.07, 6.45) is 5.09. The van der Waals surface area contributed by atoms with Crippen LogP contribution in [0.5, 0.6) is 0 Å². The van der Waals surface area contributed by atoms with Crippen molar-refractivity contribution in [3.8, 4) is 11.1 Å². The Hall–Kier alpha value is -4.47. The number of hydrazone groups is 2. The number of hydrogen-bond donors (Lipinski definition) is 4. The molecule has 7 rings (SSSR count). The van der Waals surface area contributed by atoms with Gasteiger partial charge in [0.1, 0.15) is 47.5 Å². The third kappa shape index (κ3) is 12.7. The van der Waals surface area contributed by atoms with E-state index in [1.807, 2.05) is 43.3 Å². The van der Waals surface area contributed by atoms with E-state index in [0.717, 1.165) is 46.6 Å². The number of aryl methyl sites for hydroxylation is 1. The Morgan fingerprint density at radius 1 is 0.636 bits per heavy atom. The van der Waals surface area contributed by atoms with E-state index < -0.39 is 79.0 Å². The smallest absolute Gasteiger partial charge is 0.744 e. The number of nitrogen functional groups attached to an aromatic ring is 1. The van der Waals surface area contributed by atoms with Crippen molar-refractivity contribution in [2.24, 2.45) is 20.4 Å². The number of nitrogens with one attached hydrogen (secondary N) is 3. The number of para-hydroxylation sites is 1. The Morgan fingerprint density at radius 3 is 1.79 bits per heavy atom. The van der Waals surface area contributed by atoms with Gasteiger partial charge in [0.05, 0.1) is 48.7 Å². The zero-order valence-corrected chi connectivity index (χ0v) is 43.7. The van der Waals surface area contributed by atoms with Crippen molar-refractivity contribution in [3.63, 3.8) is 0 Å². The van der Waals surface area contributed by atoms with Crippen molar-refractivity contribution in [3.05, 3.63) is 149 Å². The van der Waals surface area contributed by atoms with Crippen LogP contribution in [0.4, 0.5) is 34.1 Å². The molecule has 5 aromatic carbocycles. The van der Waals surface area contributed by atoms with Gasteiger partial charge in [-0.1, -0.05) is 42.5 Å². The summed E-state index contributed by atoms with van der Waals surface area (Å²) in [4.78, 5) is 23.0. The van der Waals surface area contributed by atoms with Crippen LogP contribution in [0.15, 0.2) is 162 Å². The van der Waals surface area contributed by atoms with Crippen LogP contribution in [0.3, 0.4) is 0 Å². The standard InChI is InChI=1S/C41H32N8O11S3.3Na/c1-23-4-2-3-5-32(23)43-34-22-30(50)16-19-33(34)47-44-27-10-6-24(7-11-27)25-8-12-28(13-9-25)45-48-39-35(62(55,56)57)20-26-21-36(63(58,59)60)40(41(51)37(26)38(39)42)49-46-29-14-17-31(18-15-29)61(52,53)54;;;/h2-22,43-44,46H,42H2,1H3,(H,52,53,54)(H,55,56,57)(H,58,59,60);;;/q;3*+1/p-3/b47-33-,48-45?,49-40-;;;. The number of carbonyl (C=O) groups excluding carboxylic acids is 2. The zero-order chi connectivity index (χ0) is 45.3. The molecule has 5 N–H and O–H groups in total. The molecule has 25 heteroatoms. The number of hydrogen-bond acceptors (Lipinski definition) is 19. The van der Waals surface area contributed by atoms with E-state index in [0.29, 0.717) is 29.2 Å². The van der Waals surface area contributed by atoms with Gasteiger partial charge in [0, 0.05) is 11.8 Å². The maximum Gasteiger partial charge on any atom is 1.00 e. The van der Waals surface area contributed by atoms with Crippen molar-refractivity contribution in [2.45, 2.75) is 16.7 Å². The summed E-state index contributed by atoms with van der Waals surface area (Å²) in [5.74, 6) is -1.46. The van der Waals surface area contributed by atoms with Crippen LogP contribution >= 0.6 is 0 Å². The van der Waals surface area contributed by atoms with Crippen LogP contribution in [0.25, 0.3) is 17.2 Å². The Bertz CT molecular complexity index is 3270. The number of allylic oxidation sites excluding steroid dienone is 4. The Labute approximate surface area is 444 Å². The number of azo groups is 1. The SMILES string of the molecule is Cc1ccccc1NC1=CC(=O)C=C/C1=N/Nc1ccc(-c2ccc(N=Nc3c(S(=O)(=O)[O-])cc4c(c3N)C(=O)/C(=N\Nc3ccc(S(=O)(=O)[O-])cc3)C(S(=O)(=O)[O-])=C4)cc2)cc1.[Na+].[Na+].[Na+]. The molecule has 2 aliphatic carbocycles. The van der Waals surface area contributed by atoms with Gasteiger partial charge in [0.15, 0.2) is 5.78 Å². The Balaban J connectivity index is 0.00000317. The minimum absolute atomic E-state index is 0. The average Bonchev–Trinajstić information content (AvgIpc) is 3.23. The van der Waals surface area contributed by atoms with Crippen LogP contribution in [-0.4, -0.2) is 61.9 Å². The molecule has 19 nitrogen and oxygen atoms in total. The number of carbonyl (C=O) groups is 2. The first-order chi connectivity index (χ1) is 29.8. The molecule has 0 saturated carbocycles. The molecule has 0 atom stereocenters. The molecular weight excluding hydrogens is 946 g/mol. The average molecular weight is 975 g/mol. The molecule has 0 heterocycles. The molecule has 0 unspecified atom stereocenters. The number of Topliss-reactive ketones (excluding diaryl/α,β-unsaturated/α-hetero) is 1. The number of rotatable bonds is 12. The van der Waals surface area contributed by atoms with Crippen LogP contribution in [0.2, 0.25) is 0 Å². The number of ketones is 2. The number of nitrogens with two attached hydrogens (primary N) is 1. The summed E-state index contributed by atoms with van der Waals surface area (Å²) < 4.78 is 108. The molecule has 0 bridgehead atoms. The van der Waals surface area contributed by atoms with Gasteiger partial charge < -0.3 is 24.7 Å². The van der Waals surface area contributed by atoms with Crippen molar-refractivity contribution in [2.75, 3.05) is 21.9 Å². The van der Waals surface area contributed by atoms with Crippen molar-refractivity contribution in [1.82, 2.24) is 0 Å². The number of fused-ring (bicyclic) bond motifs is 1. The van der Waals surface area contributed by atoms with E-state index in [-0.39, 0.29) is 106 Å². The maximum atomic E-state index is 13.7. The summed E-state index contributed by atoms with van der Waals surface area (Å²) in [7, 11) is -15.7. The fourth-order valence-electron chi connectivity index (χ4n) is 6.16. The second kappa shape index (κ2) is 22.1. The molecule has 66 heavy (non-hydrogen) atoms. The zero-order valence-electron chi connectivity index (χ0n) is 35.2. The van der Waals surface area contributed by atoms with Gasteiger partial charge in [0.2, 0.25) is 5.78 Å². The van der Waals surface area contributed by atoms with Crippen molar-refractivity contribution >= 4 is 93.5 Å². The van der Waals surface area contributed by atoms with Crippen LogP contribution in [0.1, 0.15) is 21.5 Å². The summed E-state index contributed by atoms with van der Waals surface area (Å²) in [6.45, 7) is 1.94. The summed E-state index contributed by atoms with van der Waals surface area (Å²) in [5, 5.41) is 19.4. The van der Waals surface area contributed by atoms with E-state index in [2.05, 4.69) is 36.6 Å². The molecule has 320 valence electrons. The fraction of sp³-hybridized carbons (Fsp3) is 0.0244. The van der Waals surface area contributed by atoms with Gasteiger partial charge in [-0.25, -0.2) is 25.3 Å². The Kier molecular flexibility index (Phi) is 18.1. The molecular formula is C41H29N8Na3O11S3. The van der Waals surface area contributed by atoms with Crippen molar-refractivity contribution < 1.29 is 137 Å². The molecule has 0 spiro atoms. The number of anilines is 4. The second-order valence-corrected chi connectivity index (χ2v) is 17.6. The molecule has 5 aromatic rings. The van der Waals surface area contributed by atoms with Crippen molar-refractivity contribution in [1.29, 1.82) is 0 Å². The monoisotopic (exact) mass is 974 g/mol. The maximum absolute atomic E-state index is 13.7. The molecule has 0 amide bonds. The molecule has 2 aliphatic rings. The second-order valence-electron chi connectivity index (χ2n) is 13.6. The first kappa shape index (κ1) is 54.1. The molecule has 0 aliphatic heterocycles. The van der Waals surface area contributed by atoms with Gasteiger partial charge in [0.25, 0.3) is 0 Å². The van der Waals surface area contributed by atoms with E-state index in [1.165, 1.54) is 24.3 Å². The molecule has 0 aromatic heterocycles. The largest absolute Gasteiger partial charge is 1.00 e. The predicted molar refractivity (Wildman–Crippen MR) is 230 cm³/mol. The topological polar surface area (TPSA) is 317 Å². The minimum atomic E-state index is -5.48. The van der Waals surface area contributed by atoms with E-state index in [9.17, 15) is 48.5 Å². The quantitative estimate of drug-likeness (QED) is 0.0241. The van der Waals surface area contributed by atoms with Gasteiger partial charge in [-0.15, -0.1) is 5.11 Å². The molecule has 0 fully saturated rings. The van der Waals surface area contributed by atoms with E-state index >= 15 is 0 Å². The summed E-state index contributed by atoms with van der Waals surface area (Å²) >= 11 is 0. The predicted octanol–water partition coefficient (Wildman–Crippen LogP) is -3.07. The van der Waals surface area contributed by atoms with Gasteiger partial charge in [-0.2, -0.15) is 15.3 Å². The fourth-order valence-corrected chi connectivity index (χ4v) is 7.94. The molecule has 0 radical (unpaired) electrons. The van der Waals surface area contributed by atoms with E-state index in [1.54, 1.807) is 30.3 Å². The van der Waals surface area contributed by atoms with Crippen LogP contribution in [0, 0.1) is 6.92 Å². The summed E-state index contributed by atoms with van der Waals surface area (Å²) in [5.41, 5.74) is 13.1. The normalized spacial score (nSPS) is 14.9. The number of nitrogens with zero attached hydrogens (tertiary/aromatic N) is 4. The minimum Gasteiger partial charge on any atom is -0.744 e. The third-order valence-electron chi connectivity index (χ3n) is 9.31. The molecule has 0 saturated heterocycles. The van der Waals surface area contributed by atoms with E-state index in [4.69, 9.17) is 5.73 Å². The Morgan fingerprint density at radius 2 is 1.21 bits per heavy atom. The first-order valence-corrected chi connectivity index (χ1v) is 22.3. The van der Waals surface area contributed by atoms with Gasteiger partial charge >= 0.3 is 88.7 Å². The van der Waals surface area contributed by atoms with Gasteiger partial charge in [-0.05, 0) is 108 Å². The third-order valence-corrected chi connectivity index (χ3v) is 11.9. The summed E-state index contributed by atoms with van der Waals surface area (Å²) in [6, 6.07) is 25.8. The number of benzene rings is 5. The van der Waals surface area contributed by atoms with Crippen LogP contribution in [-0.2, 0) is 35.1 Å².